The number of hydrogen-bond acceptors (Lipinski definition) is 5. The molecular formula is C12H16F3N5. The second-order valence-electron chi connectivity index (χ2n) is 4.76. The highest BCUT2D eigenvalue weighted by molar-refractivity contribution is 5.79. The summed E-state index contributed by atoms with van der Waals surface area (Å²) in [6.45, 7) is 1.84. The third kappa shape index (κ3) is 2.37. The van der Waals surface area contributed by atoms with E-state index in [-0.39, 0.29) is 29.6 Å². The Balaban J connectivity index is 2.45. The van der Waals surface area contributed by atoms with Crippen molar-refractivity contribution in [1.29, 1.82) is 0 Å². The highest BCUT2D eigenvalue weighted by atomic mass is 19.4. The summed E-state index contributed by atoms with van der Waals surface area (Å²) < 4.78 is 40.2. The topological polar surface area (TPSA) is 89.8 Å². The van der Waals surface area contributed by atoms with Crippen LogP contribution in [0.1, 0.15) is 31.9 Å². The van der Waals surface area contributed by atoms with Gasteiger partial charge in [-0.3, -0.25) is 0 Å². The van der Waals surface area contributed by atoms with Crippen molar-refractivity contribution in [3.63, 3.8) is 0 Å². The van der Waals surface area contributed by atoms with Gasteiger partial charge in [0.05, 0.1) is 5.69 Å². The van der Waals surface area contributed by atoms with E-state index in [2.05, 4.69) is 15.3 Å². The molecule has 0 saturated heterocycles. The maximum atomic E-state index is 13.4. The van der Waals surface area contributed by atoms with E-state index in [1.165, 1.54) is 6.08 Å². The maximum Gasteiger partial charge on any atom is 0.415 e. The number of hydrogen-bond donors (Lipinski definition) is 3. The van der Waals surface area contributed by atoms with Crippen LogP contribution in [0.25, 0.3) is 6.08 Å². The van der Waals surface area contributed by atoms with Crippen LogP contribution < -0.4 is 16.8 Å². The second-order valence-corrected chi connectivity index (χ2v) is 4.76. The molecule has 0 bridgehead atoms. The van der Waals surface area contributed by atoms with Crippen LogP contribution in [0, 0.1) is 0 Å². The number of rotatable bonds is 3. The summed E-state index contributed by atoms with van der Waals surface area (Å²) >= 11 is 0. The zero-order valence-corrected chi connectivity index (χ0v) is 11.0. The first kappa shape index (κ1) is 14.4. The zero-order valence-electron chi connectivity index (χ0n) is 11.0. The monoisotopic (exact) mass is 287 g/mol. The van der Waals surface area contributed by atoms with E-state index in [4.69, 9.17) is 11.5 Å². The summed E-state index contributed by atoms with van der Waals surface area (Å²) in [5.41, 5.74) is 9.28. The van der Waals surface area contributed by atoms with Gasteiger partial charge >= 0.3 is 6.18 Å². The largest absolute Gasteiger partial charge is 0.415 e. The maximum absolute atomic E-state index is 13.4. The molecule has 8 heteroatoms. The van der Waals surface area contributed by atoms with Crippen molar-refractivity contribution >= 4 is 23.5 Å². The zero-order chi connectivity index (χ0) is 15.0. The Labute approximate surface area is 114 Å². The van der Waals surface area contributed by atoms with Crippen LogP contribution >= 0.6 is 0 Å². The summed E-state index contributed by atoms with van der Waals surface area (Å²) in [6.07, 6.45) is -1.05. The van der Waals surface area contributed by atoms with Crippen LogP contribution in [0.2, 0.25) is 0 Å². The van der Waals surface area contributed by atoms with E-state index in [1.807, 2.05) is 6.92 Å². The molecule has 0 amide bonds. The van der Waals surface area contributed by atoms with Gasteiger partial charge in [-0.1, -0.05) is 19.8 Å². The van der Waals surface area contributed by atoms with E-state index in [9.17, 15) is 13.2 Å². The van der Waals surface area contributed by atoms with Crippen molar-refractivity contribution in [2.45, 2.75) is 37.9 Å². The first-order valence-corrected chi connectivity index (χ1v) is 6.26. The molecule has 5 N–H and O–H groups in total. The summed E-state index contributed by atoms with van der Waals surface area (Å²) in [6, 6.07) is 0. The minimum absolute atomic E-state index is 0.0687. The minimum atomic E-state index is -4.44. The van der Waals surface area contributed by atoms with Gasteiger partial charge in [0, 0.05) is 0 Å². The third-order valence-electron chi connectivity index (χ3n) is 3.29. The smallest absolute Gasteiger partial charge is 0.382 e. The minimum Gasteiger partial charge on any atom is -0.382 e. The molecule has 0 fully saturated rings. The average Bonchev–Trinajstić information content (AvgIpc) is 2.35. The Kier molecular flexibility index (Phi) is 3.49. The van der Waals surface area contributed by atoms with Gasteiger partial charge < -0.3 is 16.8 Å². The van der Waals surface area contributed by atoms with Crippen LogP contribution in [0.4, 0.5) is 30.6 Å². The molecule has 0 aliphatic carbocycles. The number of nitrogen functional groups attached to an aromatic ring is 2. The number of nitrogens with zero attached hydrogens (tertiary/aromatic N) is 2. The number of anilines is 3. The summed E-state index contributed by atoms with van der Waals surface area (Å²) in [5, 5.41) is 2.46. The van der Waals surface area contributed by atoms with Crippen LogP contribution in [0.15, 0.2) is 6.08 Å². The molecule has 1 aromatic heterocycles. The SMILES string of the molecule is CCCCC1(C(F)(F)F)C=Cc2nc(N)nc(N)c2N1. The van der Waals surface area contributed by atoms with Gasteiger partial charge in [0.1, 0.15) is 5.69 Å². The third-order valence-corrected chi connectivity index (χ3v) is 3.29. The highest BCUT2D eigenvalue weighted by Crippen LogP contribution is 2.43. The van der Waals surface area contributed by atoms with Crippen molar-refractivity contribution in [2.24, 2.45) is 0 Å². The lowest BCUT2D eigenvalue weighted by Gasteiger charge is -2.37. The molecule has 2 heterocycles. The van der Waals surface area contributed by atoms with Crippen LogP contribution in [0.5, 0.6) is 0 Å². The van der Waals surface area contributed by atoms with E-state index in [0.717, 1.165) is 6.08 Å². The standard InChI is InChI=1S/C12H16F3N5/c1-2-3-5-11(12(13,14)15)6-4-7-8(20-11)9(16)19-10(17)18-7/h4,6,20H,2-3,5H2,1H3,(H4,16,17,18,19). The molecular weight excluding hydrogens is 271 g/mol. The van der Waals surface area contributed by atoms with Gasteiger partial charge in [0.15, 0.2) is 11.4 Å². The fraction of sp³-hybridized carbons (Fsp3) is 0.500. The Morgan fingerprint density at radius 3 is 2.60 bits per heavy atom. The Hall–Kier alpha value is -1.99. The van der Waals surface area contributed by atoms with Crippen molar-refractivity contribution in [2.75, 3.05) is 16.8 Å². The van der Waals surface area contributed by atoms with E-state index >= 15 is 0 Å². The first-order chi connectivity index (χ1) is 9.29. The summed E-state index contributed by atoms with van der Waals surface area (Å²) in [7, 11) is 0. The van der Waals surface area contributed by atoms with Crippen molar-refractivity contribution in [3.05, 3.63) is 11.8 Å². The number of alkyl halides is 3. The molecule has 1 unspecified atom stereocenters. The van der Waals surface area contributed by atoms with Crippen molar-refractivity contribution in [3.8, 4) is 0 Å². The lowest BCUT2D eigenvalue weighted by atomic mass is 9.88. The lowest BCUT2D eigenvalue weighted by molar-refractivity contribution is -0.167. The quantitative estimate of drug-likeness (QED) is 0.795. The Morgan fingerprint density at radius 1 is 1.30 bits per heavy atom. The van der Waals surface area contributed by atoms with E-state index in [1.54, 1.807) is 0 Å². The second kappa shape index (κ2) is 4.84. The number of nitrogens with two attached hydrogens (primary N) is 2. The van der Waals surface area contributed by atoms with E-state index in [0.29, 0.717) is 12.8 Å². The van der Waals surface area contributed by atoms with Gasteiger partial charge in [-0.2, -0.15) is 18.2 Å². The van der Waals surface area contributed by atoms with Crippen LogP contribution in [-0.2, 0) is 0 Å². The Bertz CT molecular complexity index is 541. The predicted molar refractivity (Wildman–Crippen MR) is 71.8 cm³/mol. The molecule has 1 aliphatic rings. The molecule has 1 aliphatic heterocycles. The van der Waals surface area contributed by atoms with Crippen molar-refractivity contribution in [1.82, 2.24) is 9.97 Å². The highest BCUT2D eigenvalue weighted by Gasteiger charge is 2.54. The normalized spacial score (nSPS) is 21.4. The number of unbranched alkanes of at least 4 members (excludes halogenated alkanes) is 1. The fourth-order valence-corrected chi connectivity index (χ4v) is 2.16. The van der Waals surface area contributed by atoms with Crippen molar-refractivity contribution < 1.29 is 13.2 Å². The number of aromatic nitrogens is 2. The molecule has 0 saturated carbocycles. The summed E-state index contributed by atoms with van der Waals surface area (Å²) in [5.74, 6) is -0.150. The molecule has 1 aromatic rings. The molecule has 2 rings (SSSR count). The molecule has 110 valence electrons. The van der Waals surface area contributed by atoms with Crippen LogP contribution in [0.3, 0.4) is 0 Å². The lowest BCUT2D eigenvalue weighted by Crippen LogP contribution is -2.51. The molecule has 0 radical (unpaired) electrons. The molecule has 5 nitrogen and oxygen atoms in total. The molecule has 0 aromatic carbocycles. The van der Waals surface area contributed by atoms with Gasteiger partial charge in [-0.25, -0.2) is 4.98 Å². The van der Waals surface area contributed by atoms with E-state index < -0.39 is 11.7 Å². The predicted octanol–water partition coefficient (Wildman–Crippen LogP) is 2.57. The Morgan fingerprint density at radius 2 is 2.00 bits per heavy atom. The fourth-order valence-electron chi connectivity index (χ4n) is 2.16. The first-order valence-electron chi connectivity index (χ1n) is 6.26. The van der Waals surface area contributed by atoms with Gasteiger partial charge in [-0.15, -0.1) is 0 Å². The number of fused-ring (bicyclic) bond motifs is 1. The molecule has 0 spiro atoms. The van der Waals surface area contributed by atoms with Crippen LogP contribution in [-0.4, -0.2) is 21.7 Å². The number of nitrogens with one attached hydrogen (secondary N) is 1. The van der Waals surface area contributed by atoms with Gasteiger partial charge in [-0.05, 0) is 18.6 Å². The average molecular weight is 287 g/mol. The van der Waals surface area contributed by atoms with Gasteiger partial charge in [0.25, 0.3) is 0 Å². The number of halogens is 3. The summed E-state index contributed by atoms with van der Waals surface area (Å²) in [4.78, 5) is 7.57. The van der Waals surface area contributed by atoms with Gasteiger partial charge in [0.2, 0.25) is 5.95 Å². The molecule has 1 atom stereocenters. The molecule has 20 heavy (non-hydrogen) atoms.